The number of carbonyl (C=O) groups is 2. The molecule has 2 amide bonds. The van der Waals surface area contributed by atoms with E-state index in [1.807, 2.05) is 0 Å². The van der Waals surface area contributed by atoms with Crippen LogP contribution < -0.4 is 0 Å². The molecule has 5 heteroatoms. The predicted molar refractivity (Wildman–Crippen MR) is 66.6 cm³/mol. The summed E-state index contributed by atoms with van der Waals surface area (Å²) >= 11 is 0. The third kappa shape index (κ3) is 3.43. The number of amides is 2. The molecule has 0 saturated carbocycles. The van der Waals surface area contributed by atoms with E-state index in [1.165, 1.54) is 4.90 Å². The summed E-state index contributed by atoms with van der Waals surface area (Å²) < 4.78 is 0. The highest BCUT2D eigenvalue weighted by atomic mass is 16.2. The van der Waals surface area contributed by atoms with Gasteiger partial charge in [-0.25, -0.2) is 0 Å². The van der Waals surface area contributed by atoms with Gasteiger partial charge in [0.2, 0.25) is 0 Å². The maximum atomic E-state index is 11.9. The minimum atomic E-state index is -0.443. The van der Waals surface area contributed by atoms with Crippen molar-refractivity contribution >= 4 is 11.8 Å². The fourth-order valence-corrected chi connectivity index (χ4v) is 2.14. The molecule has 1 aliphatic rings. The fraction of sp³-hybridized carbons (Fsp3) is 0.833. The van der Waals surface area contributed by atoms with Crippen LogP contribution in [0, 0.1) is 0 Å². The zero-order chi connectivity index (χ0) is 13.0. The summed E-state index contributed by atoms with van der Waals surface area (Å²) in [6, 6.07) is 0.167. The van der Waals surface area contributed by atoms with Crippen LogP contribution in [-0.4, -0.2) is 73.3 Å². The van der Waals surface area contributed by atoms with Crippen molar-refractivity contribution < 1.29 is 9.59 Å². The second kappa shape index (κ2) is 6.00. The molecule has 1 fully saturated rings. The normalized spacial score (nSPS) is 21.1. The van der Waals surface area contributed by atoms with Crippen LogP contribution in [0.15, 0.2) is 0 Å². The molecular weight excluding hydrogens is 218 g/mol. The smallest absolute Gasteiger partial charge is 0.312 e. The number of rotatable bonds is 2. The summed E-state index contributed by atoms with van der Waals surface area (Å²) in [6.45, 7) is 5.09. The van der Waals surface area contributed by atoms with Gasteiger partial charge in [-0.3, -0.25) is 9.59 Å². The van der Waals surface area contributed by atoms with Crippen LogP contribution in [0.4, 0.5) is 0 Å². The van der Waals surface area contributed by atoms with Crippen molar-refractivity contribution in [3.8, 4) is 0 Å². The molecule has 98 valence electrons. The topological polar surface area (TPSA) is 43.9 Å². The lowest BCUT2D eigenvalue weighted by Gasteiger charge is -2.37. The highest BCUT2D eigenvalue weighted by Gasteiger charge is 2.29. The number of likely N-dealkylation sites (N-methyl/N-ethyl adjacent to an activating group) is 3. The van der Waals surface area contributed by atoms with Crippen LogP contribution >= 0.6 is 0 Å². The first-order chi connectivity index (χ1) is 7.97. The van der Waals surface area contributed by atoms with E-state index in [0.29, 0.717) is 0 Å². The molecule has 1 atom stereocenters. The Hall–Kier alpha value is -1.10. The number of piperidine rings is 1. The van der Waals surface area contributed by atoms with Gasteiger partial charge in [0.05, 0.1) is 0 Å². The van der Waals surface area contributed by atoms with Gasteiger partial charge in [0.25, 0.3) is 0 Å². The Morgan fingerprint density at radius 3 is 2.41 bits per heavy atom. The van der Waals surface area contributed by atoms with Gasteiger partial charge in [0.1, 0.15) is 0 Å². The standard InChI is InChI=1S/C12H23N3O2/c1-5-15-8-6-7-10(9-15)14(4)12(17)11(16)13(2)3/h10H,5-9H2,1-4H3/t10-/m1/s1. The Bertz CT molecular complexity index is 291. The van der Waals surface area contributed by atoms with Crippen molar-refractivity contribution in [3.63, 3.8) is 0 Å². The SMILES string of the molecule is CCN1CCC[C@@H](N(C)C(=O)C(=O)N(C)C)C1. The highest BCUT2D eigenvalue weighted by molar-refractivity contribution is 6.34. The molecule has 1 aliphatic heterocycles. The van der Waals surface area contributed by atoms with Crippen LogP contribution in [0.2, 0.25) is 0 Å². The molecule has 1 rings (SSSR count). The van der Waals surface area contributed by atoms with E-state index in [0.717, 1.165) is 32.5 Å². The molecule has 1 heterocycles. The average Bonchev–Trinajstić information content (AvgIpc) is 2.36. The van der Waals surface area contributed by atoms with E-state index < -0.39 is 11.8 Å². The first kappa shape index (κ1) is 14.0. The maximum Gasteiger partial charge on any atom is 0.312 e. The van der Waals surface area contributed by atoms with Gasteiger partial charge >= 0.3 is 11.8 Å². The summed E-state index contributed by atoms with van der Waals surface area (Å²) in [6.07, 6.45) is 2.08. The molecule has 0 aliphatic carbocycles. The largest absolute Gasteiger partial charge is 0.341 e. The molecule has 5 nitrogen and oxygen atoms in total. The number of hydrogen-bond donors (Lipinski definition) is 0. The van der Waals surface area contributed by atoms with Gasteiger partial charge in [-0.05, 0) is 25.9 Å². The number of nitrogens with zero attached hydrogens (tertiary/aromatic N) is 3. The first-order valence-corrected chi connectivity index (χ1v) is 6.18. The molecule has 17 heavy (non-hydrogen) atoms. The number of likely N-dealkylation sites (tertiary alicyclic amines) is 1. The maximum absolute atomic E-state index is 11.9. The van der Waals surface area contributed by atoms with Crippen molar-refractivity contribution in [2.24, 2.45) is 0 Å². The van der Waals surface area contributed by atoms with Crippen LogP contribution in [0.1, 0.15) is 19.8 Å². The number of carbonyl (C=O) groups excluding carboxylic acids is 2. The summed E-state index contributed by atoms with van der Waals surface area (Å²) in [5, 5.41) is 0. The van der Waals surface area contributed by atoms with E-state index in [2.05, 4.69) is 11.8 Å². The lowest BCUT2D eigenvalue weighted by atomic mass is 10.0. The summed E-state index contributed by atoms with van der Waals surface area (Å²) in [4.78, 5) is 28.7. The quantitative estimate of drug-likeness (QED) is 0.640. The van der Waals surface area contributed by atoms with Crippen LogP contribution in [0.3, 0.4) is 0 Å². The van der Waals surface area contributed by atoms with Gasteiger partial charge in [-0.15, -0.1) is 0 Å². The first-order valence-electron chi connectivity index (χ1n) is 6.18. The van der Waals surface area contributed by atoms with Crippen LogP contribution in [-0.2, 0) is 9.59 Å². The van der Waals surface area contributed by atoms with Gasteiger partial charge in [0, 0.05) is 33.7 Å². The minimum absolute atomic E-state index is 0.167. The van der Waals surface area contributed by atoms with E-state index in [-0.39, 0.29) is 6.04 Å². The van der Waals surface area contributed by atoms with Crippen molar-refractivity contribution in [2.45, 2.75) is 25.8 Å². The van der Waals surface area contributed by atoms with E-state index in [9.17, 15) is 9.59 Å². The summed E-state index contributed by atoms with van der Waals surface area (Å²) in [7, 11) is 4.94. The lowest BCUT2D eigenvalue weighted by Crippen LogP contribution is -2.51. The third-order valence-corrected chi connectivity index (χ3v) is 3.39. The molecule has 0 bridgehead atoms. The Balaban J connectivity index is 2.59. The predicted octanol–water partition coefficient (Wildman–Crippen LogP) is 0.0173. The van der Waals surface area contributed by atoms with Gasteiger partial charge in [0.15, 0.2) is 0 Å². The zero-order valence-electron chi connectivity index (χ0n) is 11.3. The Labute approximate surface area is 103 Å². The molecule has 0 spiro atoms. The van der Waals surface area contributed by atoms with Crippen molar-refractivity contribution in [1.29, 1.82) is 0 Å². The van der Waals surface area contributed by atoms with Crippen LogP contribution in [0.25, 0.3) is 0 Å². The van der Waals surface area contributed by atoms with Crippen molar-refractivity contribution in [2.75, 3.05) is 40.8 Å². The molecule has 0 unspecified atom stereocenters. The van der Waals surface area contributed by atoms with Crippen molar-refractivity contribution in [3.05, 3.63) is 0 Å². The highest BCUT2D eigenvalue weighted by Crippen LogP contribution is 2.14. The minimum Gasteiger partial charge on any atom is -0.341 e. The summed E-state index contributed by atoms with van der Waals surface area (Å²) in [5.74, 6) is -0.848. The second-order valence-electron chi connectivity index (χ2n) is 4.80. The van der Waals surface area contributed by atoms with E-state index in [1.54, 1.807) is 26.0 Å². The molecule has 0 aromatic carbocycles. The molecule has 0 N–H and O–H groups in total. The van der Waals surface area contributed by atoms with E-state index >= 15 is 0 Å². The monoisotopic (exact) mass is 241 g/mol. The molecule has 1 saturated heterocycles. The Kier molecular flexibility index (Phi) is 4.93. The van der Waals surface area contributed by atoms with Crippen molar-refractivity contribution in [1.82, 2.24) is 14.7 Å². The zero-order valence-corrected chi connectivity index (χ0v) is 11.3. The second-order valence-corrected chi connectivity index (χ2v) is 4.80. The molecule has 0 aromatic heterocycles. The summed E-state index contributed by atoms with van der Waals surface area (Å²) in [5.41, 5.74) is 0. The fourth-order valence-electron chi connectivity index (χ4n) is 2.14. The third-order valence-electron chi connectivity index (χ3n) is 3.39. The number of hydrogen-bond acceptors (Lipinski definition) is 3. The average molecular weight is 241 g/mol. The van der Waals surface area contributed by atoms with Crippen LogP contribution in [0.5, 0.6) is 0 Å². The van der Waals surface area contributed by atoms with Gasteiger partial charge < -0.3 is 14.7 Å². The Morgan fingerprint density at radius 2 is 1.88 bits per heavy atom. The molecule has 0 radical (unpaired) electrons. The Morgan fingerprint density at radius 1 is 1.24 bits per heavy atom. The van der Waals surface area contributed by atoms with Gasteiger partial charge in [-0.2, -0.15) is 0 Å². The van der Waals surface area contributed by atoms with E-state index in [4.69, 9.17) is 0 Å². The molecule has 0 aromatic rings. The lowest BCUT2D eigenvalue weighted by molar-refractivity contribution is -0.151. The molecular formula is C12H23N3O2. The van der Waals surface area contributed by atoms with Gasteiger partial charge in [-0.1, -0.05) is 6.92 Å².